The molecule has 1 N–H and O–H groups in total. The second kappa shape index (κ2) is 4.04. The Bertz CT molecular complexity index is 422. The van der Waals surface area contributed by atoms with Crippen LogP contribution in [0.25, 0.3) is 11.6 Å². The molecule has 80 valence electrons. The Hall–Kier alpha value is -1.33. The normalized spacial score (nSPS) is 15.7. The van der Waals surface area contributed by atoms with Crippen molar-refractivity contribution in [1.82, 2.24) is 15.5 Å². The molecular formula is C9H10ClN3O2. The molecule has 6 heteroatoms. The Morgan fingerprint density at radius 3 is 2.87 bits per heavy atom. The number of rotatable bonds is 2. The average Bonchev–Trinajstić information content (AvgIpc) is 2.65. The predicted molar refractivity (Wildman–Crippen MR) is 54.9 cm³/mol. The molecule has 5 nitrogen and oxygen atoms in total. The zero-order valence-corrected chi connectivity index (χ0v) is 8.66. The van der Waals surface area contributed by atoms with Crippen molar-refractivity contribution in [3.05, 3.63) is 24.3 Å². The molecule has 3 rings (SSSR count). The molecule has 0 bridgehead atoms. The van der Waals surface area contributed by atoms with E-state index in [1.54, 1.807) is 12.3 Å². The highest BCUT2D eigenvalue weighted by Crippen LogP contribution is 2.21. The third-order valence-electron chi connectivity index (χ3n) is 2.31. The molecule has 0 saturated carbocycles. The highest BCUT2D eigenvalue weighted by Gasteiger charge is 2.25. The van der Waals surface area contributed by atoms with Crippen molar-refractivity contribution in [2.75, 3.05) is 13.1 Å². The number of aromatic nitrogens is 2. The van der Waals surface area contributed by atoms with Gasteiger partial charge in [0.05, 0.1) is 12.2 Å². The van der Waals surface area contributed by atoms with Crippen LogP contribution in [0.15, 0.2) is 27.3 Å². The summed E-state index contributed by atoms with van der Waals surface area (Å²) in [6.07, 6.45) is 1.59. The molecule has 2 aromatic heterocycles. The molecule has 15 heavy (non-hydrogen) atoms. The minimum Gasteiger partial charge on any atom is -0.461 e. The monoisotopic (exact) mass is 227 g/mol. The predicted octanol–water partition coefficient (Wildman–Crippen LogP) is 1.44. The maximum atomic E-state index is 5.16. The first kappa shape index (κ1) is 10.2. The Morgan fingerprint density at radius 1 is 1.40 bits per heavy atom. The lowest BCUT2D eigenvalue weighted by atomic mass is 10.0. The van der Waals surface area contributed by atoms with Crippen LogP contribution in [-0.4, -0.2) is 23.2 Å². The van der Waals surface area contributed by atoms with Crippen LogP contribution < -0.4 is 5.32 Å². The van der Waals surface area contributed by atoms with Gasteiger partial charge in [-0.15, -0.1) is 12.4 Å². The summed E-state index contributed by atoms with van der Waals surface area (Å²) in [4.78, 5) is 4.26. The summed E-state index contributed by atoms with van der Waals surface area (Å²) in [5, 5.41) is 7.01. The Kier molecular flexibility index (Phi) is 2.75. The molecule has 3 heterocycles. The summed E-state index contributed by atoms with van der Waals surface area (Å²) in [5.41, 5.74) is 0. The summed E-state index contributed by atoms with van der Waals surface area (Å²) in [6, 6.07) is 3.62. The van der Waals surface area contributed by atoms with Gasteiger partial charge in [0, 0.05) is 13.1 Å². The van der Waals surface area contributed by atoms with Crippen molar-refractivity contribution in [3.8, 4) is 11.6 Å². The van der Waals surface area contributed by atoms with Gasteiger partial charge in [-0.1, -0.05) is 5.16 Å². The van der Waals surface area contributed by atoms with Gasteiger partial charge in [-0.25, -0.2) is 0 Å². The van der Waals surface area contributed by atoms with Crippen LogP contribution in [0.4, 0.5) is 0 Å². The van der Waals surface area contributed by atoms with Crippen LogP contribution in [0.3, 0.4) is 0 Å². The quantitative estimate of drug-likeness (QED) is 0.841. The van der Waals surface area contributed by atoms with Crippen LogP contribution in [0.1, 0.15) is 11.8 Å². The summed E-state index contributed by atoms with van der Waals surface area (Å²) in [7, 11) is 0. The van der Waals surface area contributed by atoms with Gasteiger partial charge in [-0.3, -0.25) is 0 Å². The Morgan fingerprint density at radius 2 is 2.27 bits per heavy atom. The number of hydrogen-bond acceptors (Lipinski definition) is 5. The van der Waals surface area contributed by atoms with Crippen LogP contribution in [-0.2, 0) is 0 Å². The maximum absolute atomic E-state index is 5.16. The molecule has 2 aromatic rings. The number of halogens is 1. The standard InChI is InChI=1S/C9H9N3O2.ClH/c1-2-7(13-3-1)8-11-9(14-12-8)6-4-10-5-6;/h1-3,6,10H,4-5H2;1H. The minimum atomic E-state index is 0. The topological polar surface area (TPSA) is 64.1 Å². The minimum absolute atomic E-state index is 0. The van der Waals surface area contributed by atoms with E-state index < -0.39 is 0 Å². The van der Waals surface area contributed by atoms with E-state index in [2.05, 4.69) is 15.5 Å². The molecule has 1 fully saturated rings. The SMILES string of the molecule is Cl.c1coc(-c2noc(C3CNC3)n2)c1. The second-order valence-electron chi connectivity index (χ2n) is 3.29. The third-order valence-corrected chi connectivity index (χ3v) is 2.31. The Labute approximate surface area is 92.3 Å². The molecule has 0 atom stereocenters. The van der Waals surface area contributed by atoms with E-state index in [1.807, 2.05) is 6.07 Å². The van der Waals surface area contributed by atoms with Gasteiger partial charge in [-0.2, -0.15) is 4.98 Å². The highest BCUT2D eigenvalue weighted by atomic mass is 35.5. The van der Waals surface area contributed by atoms with E-state index >= 15 is 0 Å². The van der Waals surface area contributed by atoms with Crippen molar-refractivity contribution >= 4 is 12.4 Å². The fourth-order valence-corrected chi connectivity index (χ4v) is 1.37. The number of nitrogens with one attached hydrogen (secondary N) is 1. The molecule has 0 amide bonds. The van der Waals surface area contributed by atoms with E-state index in [0.717, 1.165) is 13.1 Å². The second-order valence-corrected chi connectivity index (χ2v) is 3.29. The van der Waals surface area contributed by atoms with Gasteiger partial charge in [0.25, 0.3) is 0 Å². The summed E-state index contributed by atoms with van der Waals surface area (Å²) in [6.45, 7) is 1.83. The lowest BCUT2D eigenvalue weighted by Gasteiger charge is -2.22. The van der Waals surface area contributed by atoms with Crippen molar-refractivity contribution in [2.45, 2.75) is 5.92 Å². The van der Waals surface area contributed by atoms with Crippen molar-refractivity contribution in [3.63, 3.8) is 0 Å². The van der Waals surface area contributed by atoms with E-state index in [0.29, 0.717) is 23.4 Å². The largest absolute Gasteiger partial charge is 0.461 e. The van der Waals surface area contributed by atoms with Crippen LogP contribution in [0, 0.1) is 0 Å². The first-order valence-electron chi connectivity index (χ1n) is 4.51. The van der Waals surface area contributed by atoms with Crippen molar-refractivity contribution in [2.24, 2.45) is 0 Å². The van der Waals surface area contributed by atoms with Gasteiger partial charge >= 0.3 is 0 Å². The molecule has 0 aromatic carbocycles. The third kappa shape index (κ3) is 1.75. The van der Waals surface area contributed by atoms with Gasteiger partial charge in [-0.05, 0) is 12.1 Å². The Balaban J connectivity index is 0.000000853. The molecule has 0 aliphatic carbocycles. The van der Waals surface area contributed by atoms with Gasteiger partial charge in [0.2, 0.25) is 11.7 Å². The van der Waals surface area contributed by atoms with Crippen molar-refractivity contribution in [1.29, 1.82) is 0 Å². The molecule has 0 radical (unpaired) electrons. The lowest BCUT2D eigenvalue weighted by Crippen LogP contribution is -2.40. The average molecular weight is 228 g/mol. The molecule has 1 saturated heterocycles. The molecule has 0 unspecified atom stereocenters. The summed E-state index contributed by atoms with van der Waals surface area (Å²) in [5.74, 6) is 2.23. The van der Waals surface area contributed by atoms with Gasteiger partial charge < -0.3 is 14.3 Å². The molecule has 1 aliphatic heterocycles. The molecular weight excluding hydrogens is 218 g/mol. The molecule has 0 spiro atoms. The fraction of sp³-hybridized carbons (Fsp3) is 0.333. The van der Waals surface area contributed by atoms with Crippen LogP contribution >= 0.6 is 12.4 Å². The first-order valence-corrected chi connectivity index (χ1v) is 4.51. The van der Waals surface area contributed by atoms with Gasteiger partial charge in [0.15, 0.2) is 5.76 Å². The smallest absolute Gasteiger partial charge is 0.238 e. The highest BCUT2D eigenvalue weighted by molar-refractivity contribution is 5.85. The van der Waals surface area contributed by atoms with E-state index in [9.17, 15) is 0 Å². The lowest BCUT2D eigenvalue weighted by molar-refractivity contribution is 0.308. The fourth-order valence-electron chi connectivity index (χ4n) is 1.37. The number of nitrogens with zero attached hydrogens (tertiary/aromatic N) is 2. The molecule has 1 aliphatic rings. The van der Waals surface area contributed by atoms with E-state index in [4.69, 9.17) is 8.94 Å². The summed E-state index contributed by atoms with van der Waals surface area (Å²) >= 11 is 0. The zero-order valence-electron chi connectivity index (χ0n) is 7.84. The number of hydrogen-bond donors (Lipinski definition) is 1. The zero-order chi connectivity index (χ0) is 9.38. The van der Waals surface area contributed by atoms with E-state index in [1.165, 1.54) is 0 Å². The number of furan rings is 1. The van der Waals surface area contributed by atoms with Crippen LogP contribution in [0.2, 0.25) is 0 Å². The summed E-state index contributed by atoms with van der Waals surface area (Å²) < 4.78 is 10.3. The van der Waals surface area contributed by atoms with Crippen LogP contribution in [0.5, 0.6) is 0 Å². The van der Waals surface area contributed by atoms with E-state index in [-0.39, 0.29) is 12.4 Å². The van der Waals surface area contributed by atoms with Crippen molar-refractivity contribution < 1.29 is 8.94 Å². The van der Waals surface area contributed by atoms with Gasteiger partial charge in [0.1, 0.15) is 0 Å². The maximum Gasteiger partial charge on any atom is 0.238 e. The first-order chi connectivity index (χ1) is 6.93.